The predicted molar refractivity (Wildman–Crippen MR) is 45.3 cm³/mol. The van der Waals surface area contributed by atoms with Crippen LogP contribution in [0.5, 0.6) is 0 Å². The second kappa shape index (κ2) is 3.23. The molecule has 1 aromatic rings. The number of nitrogens with zero attached hydrogens (tertiary/aromatic N) is 3. The van der Waals surface area contributed by atoms with Gasteiger partial charge in [0.25, 0.3) is 0 Å². The van der Waals surface area contributed by atoms with Gasteiger partial charge in [0.15, 0.2) is 0 Å². The summed E-state index contributed by atoms with van der Waals surface area (Å²) in [6.45, 7) is 1.47. The van der Waals surface area contributed by atoms with Gasteiger partial charge in [0.1, 0.15) is 12.2 Å². The van der Waals surface area contributed by atoms with Gasteiger partial charge < -0.3 is 5.73 Å². The fourth-order valence-corrected chi connectivity index (χ4v) is 1.34. The first-order chi connectivity index (χ1) is 5.90. The van der Waals surface area contributed by atoms with E-state index in [2.05, 4.69) is 10.1 Å². The highest BCUT2D eigenvalue weighted by atomic mass is 15.3. The normalized spacial score (nSPS) is 16.8. The van der Waals surface area contributed by atoms with Gasteiger partial charge in [-0.25, -0.2) is 9.67 Å². The number of rotatable bonds is 4. The molecule has 1 heterocycles. The summed E-state index contributed by atoms with van der Waals surface area (Å²) in [5, 5.41) is 4.11. The van der Waals surface area contributed by atoms with E-state index in [4.69, 9.17) is 5.73 Å². The monoisotopic (exact) mass is 166 g/mol. The molecule has 2 N–H and O–H groups in total. The quantitative estimate of drug-likeness (QED) is 0.710. The summed E-state index contributed by atoms with van der Waals surface area (Å²) in [7, 11) is 0. The zero-order valence-electron chi connectivity index (χ0n) is 7.11. The van der Waals surface area contributed by atoms with Crippen LogP contribution < -0.4 is 5.73 Å². The van der Waals surface area contributed by atoms with Crippen LogP contribution in [-0.4, -0.2) is 14.8 Å². The van der Waals surface area contributed by atoms with Gasteiger partial charge in [-0.2, -0.15) is 5.10 Å². The number of nitrogens with two attached hydrogens (primary N) is 1. The lowest BCUT2D eigenvalue weighted by Crippen LogP contribution is -2.10. The van der Waals surface area contributed by atoms with Crippen LogP contribution in [0.3, 0.4) is 0 Å². The van der Waals surface area contributed by atoms with Crippen molar-refractivity contribution in [2.45, 2.75) is 32.4 Å². The smallest absolute Gasteiger partial charge is 0.140 e. The zero-order valence-corrected chi connectivity index (χ0v) is 7.11. The Bertz CT molecular complexity index is 251. The summed E-state index contributed by atoms with van der Waals surface area (Å²) < 4.78 is 1.92. The molecule has 0 atom stereocenters. The minimum Gasteiger partial charge on any atom is -0.324 e. The Kier molecular flexibility index (Phi) is 2.08. The van der Waals surface area contributed by atoms with E-state index in [0.717, 1.165) is 18.3 Å². The van der Waals surface area contributed by atoms with E-state index >= 15 is 0 Å². The molecule has 0 aliphatic heterocycles. The number of aromatic nitrogens is 3. The molecule has 4 heteroatoms. The summed E-state index contributed by atoms with van der Waals surface area (Å²) >= 11 is 0. The van der Waals surface area contributed by atoms with Crippen molar-refractivity contribution in [2.75, 3.05) is 0 Å². The third-order valence-corrected chi connectivity index (χ3v) is 2.32. The number of hydrogen-bond donors (Lipinski definition) is 1. The molecular formula is C8H14N4. The van der Waals surface area contributed by atoms with E-state index in [1.54, 1.807) is 6.33 Å². The van der Waals surface area contributed by atoms with Crippen LogP contribution in [0.2, 0.25) is 0 Å². The van der Waals surface area contributed by atoms with Crippen molar-refractivity contribution in [1.82, 2.24) is 14.8 Å². The molecule has 12 heavy (non-hydrogen) atoms. The Morgan fingerprint density at radius 3 is 3.08 bits per heavy atom. The van der Waals surface area contributed by atoms with Gasteiger partial charge in [-0.05, 0) is 12.3 Å². The highest BCUT2D eigenvalue weighted by Crippen LogP contribution is 2.32. The SMILES string of the molecule is NCc1ncnn1CCC1CC1. The van der Waals surface area contributed by atoms with E-state index in [9.17, 15) is 0 Å². The standard InChI is InChI=1S/C8H14N4/c9-5-8-10-6-11-12(8)4-3-7-1-2-7/h6-7H,1-5,9H2. The van der Waals surface area contributed by atoms with E-state index in [0.29, 0.717) is 6.54 Å². The molecule has 0 aromatic carbocycles. The molecule has 1 aliphatic rings. The molecular weight excluding hydrogens is 152 g/mol. The van der Waals surface area contributed by atoms with Gasteiger partial charge in [0.2, 0.25) is 0 Å². The molecule has 0 bridgehead atoms. The van der Waals surface area contributed by atoms with Crippen molar-refractivity contribution in [3.8, 4) is 0 Å². The molecule has 2 rings (SSSR count). The Morgan fingerprint density at radius 1 is 1.58 bits per heavy atom. The second-order valence-corrected chi connectivity index (χ2v) is 3.34. The molecule has 66 valence electrons. The lowest BCUT2D eigenvalue weighted by Gasteiger charge is -2.02. The third-order valence-electron chi connectivity index (χ3n) is 2.32. The van der Waals surface area contributed by atoms with Crippen molar-refractivity contribution in [3.63, 3.8) is 0 Å². The first kappa shape index (κ1) is 7.73. The minimum atomic E-state index is 0.491. The molecule has 4 nitrogen and oxygen atoms in total. The topological polar surface area (TPSA) is 56.7 Å². The van der Waals surface area contributed by atoms with Crippen LogP contribution in [0, 0.1) is 5.92 Å². The van der Waals surface area contributed by atoms with Crippen LogP contribution >= 0.6 is 0 Å². The Morgan fingerprint density at radius 2 is 2.42 bits per heavy atom. The van der Waals surface area contributed by atoms with Crippen LogP contribution in [0.1, 0.15) is 25.1 Å². The van der Waals surface area contributed by atoms with Crippen molar-refractivity contribution >= 4 is 0 Å². The summed E-state index contributed by atoms with van der Waals surface area (Å²) in [6, 6.07) is 0. The third kappa shape index (κ3) is 1.64. The number of aryl methyl sites for hydroxylation is 1. The molecule has 0 saturated heterocycles. The Labute approximate surface area is 71.8 Å². The summed E-state index contributed by atoms with van der Waals surface area (Å²) in [4.78, 5) is 4.06. The van der Waals surface area contributed by atoms with Crippen LogP contribution in [0.4, 0.5) is 0 Å². The van der Waals surface area contributed by atoms with E-state index < -0.39 is 0 Å². The van der Waals surface area contributed by atoms with Crippen molar-refractivity contribution in [3.05, 3.63) is 12.2 Å². The molecule has 0 amide bonds. The minimum absolute atomic E-state index is 0.491. The van der Waals surface area contributed by atoms with Gasteiger partial charge in [0.05, 0.1) is 6.54 Å². The zero-order chi connectivity index (χ0) is 8.39. The number of hydrogen-bond acceptors (Lipinski definition) is 3. The van der Waals surface area contributed by atoms with Crippen molar-refractivity contribution in [1.29, 1.82) is 0 Å². The van der Waals surface area contributed by atoms with Gasteiger partial charge in [0, 0.05) is 6.54 Å². The summed E-state index contributed by atoms with van der Waals surface area (Å²) in [6.07, 6.45) is 5.60. The van der Waals surface area contributed by atoms with Crippen LogP contribution in [0.15, 0.2) is 6.33 Å². The van der Waals surface area contributed by atoms with Gasteiger partial charge >= 0.3 is 0 Å². The molecule has 1 fully saturated rings. The predicted octanol–water partition coefficient (Wildman–Crippen LogP) is 0.537. The van der Waals surface area contributed by atoms with Crippen LogP contribution in [-0.2, 0) is 13.1 Å². The molecule has 0 spiro atoms. The molecule has 1 aliphatic carbocycles. The maximum atomic E-state index is 5.49. The first-order valence-corrected chi connectivity index (χ1v) is 4.47. The summed E-state index contributed by atoms with van der Waals surface area (Å²) in [5.74, 6) is 1.84. The maximum Gasteiger partial charge on any atom is 0.140 e. The molecule has 1 saturated carbocycles. The van der Waals surface area contributed by atoms with E-state index in [-0.39, 0.29) is 0 Å². The van der Waals surface area contributed by atoms with E-state index in [1.165, 1.54) is 19.3 Å². The maximum absolute atomic E-state index is 5.49. The van der Waals surface area contributed by atoms with Crippen LogP contribution in [0.25, 0.3) is 0 Å². The Balaban J connectivity index is 1.91. The fraction of sp³-hybridized carbons (Fsp3) is 0.750. The van der Waals surface area contributed by atoms with Crippen molar-refractivity contribution < 1.29 is 0 Å². The average molecular weight is 166 g/mol. The lowest BCUT2D eigenvalue weighted by atomic mass is 10.3. The largest absolute Gasteiger partial charge is 0.324 e. The van der Waals surface area contributed by atoms with E-state index in [1.807, 2.05) is 4.68 Å². The van der Waals surface area contributed by atoms with Gasteiger partial charge in [-0.1, -0.05) is 12.8 Å². The highest BCUT2D eigenvalue weighted by Gasteiger charge is 2.21. The average Bonchev–Trinajstić information content (AvgIpc) is 2.81. The lowest BCUT2D eigenvalue weighted by molar-refractivity contribution is 0.524. The Hall–Kier alpha value is -0.900. The second-order valence-electron chi connectivity index (χ2n) is 3.34. The molecule has 0 radical (unpaired) electrons. The van der Waals surface area contributed by atoms with Gasteiger partial charge in [-0.3, -0.25) is 0 Å². The summed E-state index contributed by atoms with van der Waals surface area (Å²) in [5.41, 5.74) is 5.49. The van der Waals surface area contributed by atoms with Crippen molar-refractivity contribution in [2.24, 2.45) is 11.7 Å². The molecule has 0 unspecified atom stereocenters. The van der Waals surface area contributed by atoms with Gasteiger partial charge in [-0.15, -0.1) is 0 Å². The highest BCUT2D eigenvalue weighted by molar-refractivity contribution is 4.83. The first-order valence-electron chi connectivity index (χ1n) is 4.47. The fourth-order valence-electron chi connectivity index (χ4n) is 1.34. The molecule has 1 aromatic heterocycles.